The van der Waals surface area contributed by atoms with Gasteiger partial charge in [-0.15, -0.1) is 11.6 Å². The van der Waals surface area contributed by atoms with Crippen LogP contribution in [0.15, 0.2) is 16.7 Å². The summed E-state index contributed by atoms with van der Waals surface area (Å²) < 4.78 is 1.04. The molecule has 1 aliphatic heterocycles. The molecule has 0 spiro atoms. The number of aromatic nitrogens is 1. The van der Waals surface area contributed by atoms with Crippen LogP contribution in [-0.4, -0.2) is 24.0 Å². The van der Waals surface area contributed by atoms with E-state index >= 15 is 0 Å². The smallest absolute Gasteiger partial charge is 0.131 e. The first-order chi connectivity index (χ1) is 7.70. The van der Waals surface area contributed by atoms with E-state index in [9.17, 15) is 0 Å². The molecule has 0 N–H and O–H groups in total. The fourth-order valence-electron chi connectivity index (χ4n) is 2.25. The summed E-state index contributed by atoms with van der Waals surface area (Å²) in [6.07, 6.45) is 4.33. The molecule has 0 aliphatic carbocycles. The van der Waals surface area contributed by atoms with E-state index in [0.29, 0.717) is 5.92 Å². The summed E-state index contributed by atoms with van der Waals surface area (Å²) >= 11 is 9.39. The minimum absolute atomic E-state index is 0.611. The molecular weight excluding hydrogens is 288 g/mol. The van der Waals surface area contributed by atoms with Gasteiger partial charge in [0.15, 0.2) is 0 Å². The SMILES string of the molecule is Cc1cc(Br)cnc1N1CCCC(CCl)C1. The molecule has 0 amide bonds. The lowest BCUT2D eigenvalue weighted by atomic mass is 10.00. The van der Waals surface area contributed by atoms with E-state index in [-0.39, 0.29) is 0 Å². The van der Waals surface area contributed by atoms with Gasteiger partial charge in [-0.1, -0.05) is 0 Å². The van der Waals surface area contributed by atoms with Crippen LogP contribution in [0.2, 0.25) is 0 Å². The molecule has 0 radical (unpaired) electrons. The average Bonchev–Trinajstić information content (AvgIpc) is 2.29. The number of nitrogens with zero attached hydrogens (tertiary/aromatic N) is 2. The minimum Gasteiger partial charge on any atom is -0.356 e. The molecule has 1 saturated heterocycles. The molecule has 1 atom stereocenters. The first kappa shape index (κ1) is 12.2. The van der Waals surface area contributed by atoms with Crippen molar-refractivity contribution in [2.45, 2.75) is 19.8 Å². The lowest BCUT2D eigenvalue weighted by molar-refractivity contribution is 0.448. The molecule has 1 aromatic rings. The quantitative estimate of drug-likeness (QED) is 0.776. The van der Waals surface area contributed by atoms with Crippen LogP contribution in [-0.2, 0) is 0 Å². The summed E-state index contributed by atoms with van der Waals surface area (Å²) in [5.74, 6) is 2.48. The molecule has 16 heavy (non-hydrogen) atoms. The molecule has 0 saturated carbocycles. The zero-order valence-corrected chi connectivity index (χ0v) is 11.8. The molecule has 0 bridgehead atoms. The average molecular weight is 304 g/mol. The third kappa shape index (κ3) is 2.69. The summed E-state index contributed by atoms with van der Waals surface area (Å²) in [5.41, 5.74) is 1.23. The number of rotatable bonds is 2. The minimum atomic E-state index is 0.611. The summed E-state index contributed by atoms with van der Waals surface area (Å²) in [6, 6.07) is 2.12. The first-order valence-electron chi connectivity index (χ1n) is 5.63. The standard InChI is InChI=1S/C12H16BrClN2/c1-9-5-11(13)7-15-12(9)16-4-2-3-10(6-14)8-16/h5,7,10H,2-4,6,8H2,1H3. The fraction of sp³-hybridized carbons (Fsp3) is 0.583. The zero-order valence-electron chi connectivity index (χ0n) is 9.42. The Morgan fingerprint density at radius 2 is 2.44 bits per heavy atom. The van der Waals surface area contributed by atoms with E-state index in [1.54, 1.807) is 0 Å². The maximum absolute atomic E-state index is 5.94. The second kappa shape index (κ2) is 5.37. The van der Waals surface area contributed by atoms with Crippen molar-refractivity contribution in [2.24, 2.45) is 5.92 Å². The maximum atomic E-state index is 5.94. The molecule has 0 aromatic carbocycles. The van der Waals surface area contributed by atoms with Gasteiger partial charge in [-0.25, -0.2) is 4.98 Å². The van der Waals surface area contributed by atoms with Gasteiger partial charge in [0, 0.05) is 29.6 Å². The number of alkyl halides is 1. The molecule has 1 unspecified atom stereocenters. The van der Waals surface area contributed by atoms with Gasteiger partial charge in [0.1, 0.15) is 5.82 Å². The Labute approximate surface area is 110 Å². The maximum Gasteiger partial charge on any atom is 0.131 e. The van der Waals surface area contributed by atoms with E-state index in [1.165, 1.54) is 18.4 Å². The largest absolute Gasteiger partial charge is 0.356 e. The van der Waals surface area contributed by atoms with E-state index in [0.717, 1.165) is 29.3 Å². The zero-order chi connectivity index (χ0) is 11.5. The van der Waals surface area contributed by atoms with E-state index in [1.807, 2.05) is 6.20 Å². The van der Waals surface area contributed by atoms with Crippen molar-refractivity contribution in [3.05, 3.63) is 22.3 Å². The second-order valence-corrected chi connectivity index (χ2v) is 5.63. The monoisotopic (exact) mass is 302 g/mol. The lowest BCUT2D eigenvalue weighted by Gasteiger charge is -2.33. The molecule has 2 nitrogen and oxygen atoms in total. The number of piperidine rings is 1. The van der Waals surface area contributed by atoms with Crippen LogP contribution in [0.4, 0.5) is 5.82 Å². The van der Waals surface area contributed by atoms with E-state index in [2.05, 4.69) is 38.8 Å². The first-order valence-corrected chi connectivity index (χ1v) is 6.96. The van der Waals surface area contributed by atoms with Gasteiger partial charge in [0.2, 0.25) is 0 Å². The molecule has 88 valence electrons. The summed E-state index contributed by atoms with van der Waals surface area (Å²) in [7, 11) is 0. The number of aryl methyl sites for hydroxylation is 1. The molecule has 4 heteroatoms. The fourth-order valence-corrected chi connectivity index (χ4v) is 2.95. The highest BCUT2D eigenvalue weighted by atomic mass is 79.9. The molecule has 2 rings (SSSR count). The third-order valence-electron chi connectivity index (χ3n) is 3.05. The van der Waals surface area contributed by atoms with Crippen molar-refractivity contribution >= 4 is 33.3 Å². The van der Waals surface area contributed by atoms with E-state index in [4.69, 9.17) is 11.6 Å². The van der Waals surface area contributed by atoms with Gasteiger partial charge in [0.05, 0.1) is 0 Å². The molecule has 1 aromatic heterocycles. The van der Waals surface area contributed by atoms with Gasteiger partial charge >= 0.3 is 0 Å². The molecule has 1 fully saturated rings. The summed E-state index contributed by atoms with van der Waals surface area (Å²) in [4.78, 5) is 6.87. The third-order valence-corrected chi connectivity index (χ3v) is 3.92. The van der Waals surface area contributed by atoms with Crippen molar-refractivity contribution < 1.29 is 0 Å². The number of hydrogen-bond acceptors (Lipinski definition) is 2. The number of hydrogen-bond donors (Lipinski definition) is 0. The van der Waals surface area contributed by atoms with Gasteiger partial charge in [-0.2, -0.15) is 0 Å². The predicted octanol–water partition coefficient (Wildman–Crippen LogP) is 3.61. The van der Waals surface area contributed by atoms with Crippen LogP contribution >= 0.6 is 27.5 Å². The van der Waals surface area contributed by atoms with Gasteiger partial charge in [-0.05, 0) is 53.2 Å². The second-order valence-electron chi connectivity index (χ2n) is 4.40. The van der Waals surface area contributed by atoms with Crippen LogP contribution in [0.5, 0.6) is 0 Å². The predicted molar refractivity (Wildman–Crippen MR) is 72.3 cm³/mol. The van der Waals surface area contributed by atoms with Crippen LogP contribution in [0.1, 0.15) is 18.4 Å². The Kier molecular flexibility index (Phi) is 4.09. The Balaban J connectivity index is 2.16. The van der Waals surface area contributed by atoms with Crippen molar-refractivity contribution in [1.82, 2.24) is 4.98 Å². The van der Waals surface area contributed by atoms with Crippen molar-refractivity contribution in [3.8, 4) is 0 Å². The Morgan fingerprint density at radius 1 is 1.62 bits per heavy atom. The summed E-state index contributed by atoms with van der Waals surface area (Å²) in [5, 5.41) is 0. The van der Waals surface area contributed by atoms with Crippen LogP contribution in [0.3, 0.4) is 0 Å². The molecule has 2 heterocycles. The lowest BCUT2D eigenvalue weighted by Crippen LogP contribution is -2.37. The number of anilines is 1. The van der Waals surface area contributed by atoms with Crippen molar-refractivity contribution in [2.75, 3.05) is 23.9 Å². The molecular formula is C12H16BrClN2. The highest BCUT2D eigenvalue weighted by molar-refractivity contribution is 9.10. The van der Waals surface area contributed by atoms with Crippen LogP contribution in [0, 0.1) is 12.8 Å². The Morgan fingerprint density at radius 3 is 3.12 bits per heavy atom. The topological polar surface area (TPSA) is 16.1 Å². The number of halogens is 2. The number of pyridine rings is 1. The van der Waals surface area contributed by atoms with E-state index < -0.39 is 0 Å². The Hall–Kier alpha value is -0.280. The molecule has 1 aliphatic rings. The van der Waals surface area contributed by atoms with Crippen molar-refractivity contribution in [3.63, 3.8) is 0 Å². The van der Waals surface area contributed by atoms with Gasteiger partial charge < -0.3 is 4.90 Å². The summed E-state index contributed by atoms with van der Waals surface area (Å²) in [6.45, 7) is 4.25. The van der Waals surface area contributed by atoms with Crippen LogP contribution < -0.4 is 4.90 Å². The van der Waals surface area contributed by atoms with Crippen molar-refractivity contribution in [1.29, 1.82) is 0 Å². The van der Waals surface area contributed by atoms with Gasteiger partial charge in [0.25, 0.3) is 0 Å². The van der Waals surface area contributed by atoms with Gasteiger partial charge in [-0.3, -0.25) is 0 Å². The Bertz CT molecular complexity index is 370. The van der Waals surface area contributed by atoms with Crippen LogP contribution in [0.25, 0.3) is 0 Å². The normalized spacial score (nSPS) is 21.2. The highest BCUT2D eigenvalue weighted by Crippen LogP contribution is 2.26. The highest BCUT2D eigenvalue weighted by Gasteiger charge is 2.21.